The van der Waals surface area contributed by atoms with Crippen molar-refractivity contribution in [2.45, 2.75) is 44.3 Å². The molecule has 0 bridgehead atoms. The number of nitrogens with zero attached hydrogens (tertiary/aromatic N) is 1. The van der Waals surface area contributed by atoms with Gasteiger partial charge in [-0.2, -0.15) is 0 Å². The number of methoxy groups -OCH3 is 1. The standard InChI is InChI=1S/C25H32N2O4/c1-3-26-24(28)27-15-16-30-25(18-27,19-9-5-4-6-10-19)20-13-14-22(29-2)23(17-20)31-21-11-7-8-12-21/h4-6,9-10,13-14,17,21H,3,7-8,11-12,15-16,18H2,1-2H3,(H,26,28). The Morgan fingerprint density at radius 3 is 2.61 bits per heavy atom. The van der Waals surface area contributed by atoms with Crippen molar-refractivity contribution in [1.82, 2.24) is 10.2 Å². The Morgan fingerprint density at radius 2 is 1.90 bits per heavy atom. The molecule has 166 valence electrons. The summed E-state index contributed by atoms with van der Waals surface area (Å²) in [6.45, 7) is 3.96. The second kappa shape index (κ2) is 9.60. The summed E-state index contributed by atoms with van der Waals surface area (Å²) >= 11 is 0. The van der Waals surface area contributed by atoms with Gasteiger partial charge in [0.15, 0.2) is 11.5 Å². The van der Waals surface area contributed by atoms with Crippen molar-refractivity contribution >= 4 is 6.03 Å². The van der Waals surface area contributed by atoms with Gasteiger partial charge in [0.25, 0.3) is 0 Å². The lowest BCUT2D eigenvalue weighted by molar-refractivity contribution is -0.0756. The number of hydrogen-bond donors (Lipinski definition) is 1. The highest BCUT2D eigenvalue weighted by Crippen LogP contribution is 2.41. The third kappa shape index (κ3) is 4.49. The zero-order valence-electron chi connectivity index (χ0n) is 18.4. The average Bonchev–Trinajstić information content (AvgIpc) is 3.33. The molecule has 0 spiro atoms. The van der Waals surface area contributed by atoms with E-state index in [1.54, 1.807) is 7.11 Å². The molecule has 6 nitrogen and oxygen atoms in total. The second-order valence-corrected chi connectivity index (χ2v) is 8.19. The van der Waals surface area contributed by atoms with Gasteiger partial charge in [-0.05, 0) is 55.9 Å². The first-order valence-corrected chi connectivity index (χ1v) is 11.2. The van der Waals surface area contributed by atoms with Gasteiger partial charge < -0.3 is 24.4 Å². The van der Waals surface area contributed by atoms with Gasteiger partial charge in [-0.3, -0.25) is 0 Å². The highest BCUT2D eigenvalue weighted by Gasteiger charge is 2.42. The molecule has 2 amide bonds. The zero-order valence-corrected chi connectivity index (χ0v) is 18.4. The summed E-state index contributed by atoms with van der Waals surface area (Å²) in [5, 5.41) is 2.92. The second-order valence-electron chi connectivity index (χ2n) is 8.19. The first kappa shape index (κ1) is 21.5. The fraction of sp³-hybridized carbons (Fsp3) is 0.480. The fourth-order valence-corrected chi connectivity index (χ4v) is 4.59. The van der Waals surface area contributed by atoms with E-state index in [-0.39, 0.29) is 12.1 Å². The van der Waals surface area contributed by atoms with E-state index in [0.29, 0.717) is 26.2 Å². The first-order chi connectivity index (χ1) is 15.2. The van der Waals surface area contributed by atoms with E-state index in [1.807, 2.05) is 48.2 Å². The monoisotopic (exact) mass is 424 g/mol. The van der Waals surface area contributed by atoms with E-state index in [1.165, 1.54) is 12.8 Å². The van der Waals surface area contributed by atoms with Crippen molar-refractivity contribution in [3.05, 3.63) is 59.7 Å². The Balaban J connectivity index is 1.74. The highest BCUT2D eigenvalue weighted by molar-refractivity contribution is 5.74. The minimum atomic E-state index is -0.773. The van der Waals surface area contributed by atoms with Crippen molar-refractivity contribution in [3.8, 4) is 11.5 Å². The topological polar surface area (TPSA) is 60.0 Å². The van der Waals surface area contributed by atoms with Crippen LogP contribution >= 0.6 is 0 Å². The Hall–Kier alpha value is -2.73. The predicted octanol–water partition coefficient (Wildman–Crippen LogP) is 4.32. The molecule has 1 N–H and O–H groups in total. The average molecular weight is 425 g/mol. The lowest BCUT2D eigenvalue weighted by atomic mass is 9.84. The Labute approximate surface area is 184 Å². The molecule has 31 heavy (non-hydrogen) atoms. The summed E-state index contributed by atoms with van der Waals surface area (Å²) in [7, 11) is 1.66. The number of amides is 2. The van der Waals surface area contributed by atoms with Gasteiger partial charge in [-0.1, -0.05) is 36.4 Å². The number of nitrogens with one attached hydrogen (secondary N) is 1. The first-order valence-electron chi connectivity index (χ1n) is 11.2. The summed E-state index contributed by atoms with van der Waals surface area (Å²) in [5.74, 6) is 1.45. The number of carbonyl (C=O) groups excluding carboxylic acids is 1. The Bertz CT molecular complexity index is 882. The van der Waals surface area contributed by atoms with Gasteiger partial charge in [0.2, 0.25) is 0 Å². The minimum Gasteiger partial charge on any atom is -0.493 e. The maximum atomic E-state index is 12.7. The van der Waals surface area contributed by atoms with E-state index in [9.17, 15) is 4.79 Å². The molecule has 1 saturated carbocycles. The van der Waals surface area contributed by atoms with Crippen LogP contribution in [0.1, 0.15) is 43.7 Å². The van der Waals surface area contributed by atoms with Gasteiger partial charge in [-0.25, -0.2) is 4.79 Å². The molecular formula is C25H32N2O4. The van der Waals surface area contributed by atoms with Crippen LogP contribution in [0.4, 0.5) is 4.79 Å². The van der Waals surface area contributed by atoms with Gasteiger partial charge in [0, 0.05) is 13.1 Å². The molecule has 1 heterocycles. The third-order valence-electron chi connectivity index (χ3n) is 6.20. The molecule has 1 aliphatic heterocycles. The summed E-state index contributed by atoms with van der Waals surface area (Å²) in [6, 6.07) is 16.0. The predicted molar refractivity (Wildman–Crippen MR) is 120 cm³/mol. The molecule has 2 aromatic rings. The summed E-state index contributed by atoms with van der Waals surface area (Å²) in [5.41, 5.74) is 1.20. The summed E-state index contributed by atoms with van der Waals surface area (Å²) in [6.07, 6.45) is 4.75. The van der Waals surface area contributed by atoms with Crippen molar-refractivity contribution in [2.24, 2.45) is 0 Å². The van der Waals surface area contributed by atoms with E-state index in [2.05, 4.69) is 17.4 Å². The molecule has 1 atom stereocenters. The van der Waals surface area contributed by atoms with Crippen LogP contribution in [-0.2, 0) is 10.3 Å². The molecule has 0 radical (unpaired) electrons. The van der Waals surface area contributed by atoms with Crippen LogP contribution in [0.5, 0.6) is 11.5 Å². The van der Waals surface area contributed by atoms with E-state index in [4.69, 9.17) is 14.2 Å². The minimum absolute atomic E-state index is 0.0675. The normalized spacial score (nSPS) is 21.7. The molecule has 1 unspecified atom stereocenters. The van der Waals surface area contributed by atoms with Crippen molar-refractivity contribution in [2.75, 3.05) is 33.4 Å². The number of rotatable bonds is 6. The highest BCUT2D eigenvalue weighted by atomic mass is 16.5. The van der Waals surface area contributed by atoms with Crippen LogP contribution in [0, 0.1) is 0 Å². The van der Waals surface area contributed by atoms with E-state index < -0.39 is 5.60 Å². The molecule has 2 aliphatic rings. The maximum Gasteiger partial charge on any atom is 0.317 e. The van der Waals surface area contributed by atoms with Crippen LogP contribution in [-0.4, -0.2) is 50.4 Å². The number of urea groups is 1. The summed E-state index contributed by atoms with van der Waals surface area (Å²) in [4.78, 5) is 14.5. The van der Waals surface area contributed by atoms with Gasteiger partial charge in [0.1, 0.15) is 5.60 Å². The van der Waals surface area contributed by atoms with Crippen molar-refractivity contribution < 1.29 is 19.0 Å². The molecule has 0 aromatic heterocycles. The molecule has 2 aromatic carbocycles. The SMILES string of the molecule is CCNC(=O)N1CCOC(c2ccccc2)(c2ccc(OC)c(OC3CCCC3)c2)C1. The molecule has 2 fully saturated rings. The lowest BCUT2D eigenvalue weighted by Gasteiger charge is -2.43. The quantitative estimate of drug-likeness (QED) is 0.750. The maximum absolute atomic E-state index is 12.7. The van der Waals surface area contributed by atoms with Crippen LogP contribution in [0.15, 0.2) is 48.5 Å². The van der Waals surface area contributed by atoms with Crippen LogP contribution in [0.3, 0.4) is 0 Å². The fourth-order valence-electron chi connectivity index (χ4n) is 4.59. The zero-order chi connectivity index (χ0) is 21.7. The molecular weight excluding hydrogens is 392 g/mol. The van der Waals surface area contributed by atoms with E-state index >= 15 is 0 Å². The Morgan fingerprint density at radius 1 is 1.13 bits per heavy atom. The number of morpholine rings is 1. The van der Waals surface area contributed by atoms with Gasteiger partial charge in [-0.15, -0.1) is 0 Å². The molecule has 6 heteroatoms. The van der Waals surface area contributed by atoms with Crippen molar-refractivity contribution in [3.63, 3.8) is 0 Å². The largest absolute Gasteiger partial charge is 0.493 e. The number of hydrogen-bond acceptors (Lipinski definition) is 4. The van der Waals surface area contributed by atoms with Crippen LogP contribution < -0.4 is 14.8 Å². The van der Waals surface area contributed by atoms with E-state index in [0.717, 1.165) is 35.5 Å². The third-order valence-corrected chi connectivity index (χ3v) is 6.20. The number of ether oxygens (including phenoxy) is 3. The van der Waals surface area contributed by atoms with Crippen LogP contribution in [0.2, 0.25) is 0 Å². The smallest absolute Gasteiger partial charge is 0.317 e. The van der Waals surface area contributed by atoms with Gasteiger partial charge >= 0.3 is 6.03 Å². The molecule has 1 aliphatic carbocycles. The number of benzene rings is 2. The summed E-state index contributed by atoms with van der Waals surface area (Å²) < 4.78 is 18.4. The van der Waals surface area contributed by atoms with Crippen molar-refractivity contribution in [1.29, 1.82) is 0 Å². The number of carbonyl (C=O) groups is 1. The lowest BCUT2D eigenvalue weighted by Crippen LogP contribution is -2.54. The molecule has 4 rings (SSSR count). The Kier molecular flexibility index (Phi) is 6.66. The van der Waals surface area contributed by atoms with Gasteiger partial charge in [0.05, 0.1) is 26.4 Å². The van der Waals surface area contributed by atoms with Crippen LogP contribution in [0.25, 0.3) is 0 Å². The molecule has 1 saturated heterocycles.